The fraction of sp³-hybridized carbons (Fsp3) is 1.00. The van der Waals surface area contributed by atoms with E-state index >= 15 is 0 Å². The molecule has 90 valence electrons. The third kappa shape index (κ3) is 5.64. The number of nitrogens with one attached hydrogen (secondary N) is 1. The Labute approximate surface area is 95.4 Å². The maximum atomic E-state index is 11.1. The van der Waals surface area contributed by atoms with E-state index in [4.69, 9.17) is 4.74 Å². The van der Waals surface area contributed by atoms with E-state index in [-0.39, 0.29) is 0 Å². The summed E-state index contributed by atoms with van der Waals surface area (Å²) in [5, 5.41) is 3.84. The lowest BCUT2D eigenvalue weighted by Crippen LogP contribution is -2.32. The van der Waals surface area contributed by atoms with Crippen molar-refractivity contribution in [2.24, 2.45) is 0 Å². The Kier molecular flexibility index (Phi) is 6.45. The van der Waals surface area contributed by atoms with Gasteiger partial charge in [0.05, 0.1) is 0 Å². The van der Waals surface area contributed by atoms with Gasteiger partial charge in [-0.3, -0.25) is 4.21 Å². The van der Waals surface area contributed by atoms with Gasteiger partial charge in [-0.2, -0.15) is 0 Å². The van der Waals surface area contributed by atoms with Gasteiger partial charge >= 0.3 is 0 Å². The van der Waals surface area contributed by atoms with Crippen molar-refractivity contribution in [3.8, 4) is 0 Å². The van der Waals surface area contributed by atoms with Crippen LogP contribution in [0.4, 0.5) is 0 Å². The lowest BCUT2D eigenvalue weighted by molar-refractivity contribution is 0.142. The second kappa shape index (κ2) is 7.36. The quantitative estimate of drug-likeness (QED) is 0.778. The lowest BCUT2D eigenvalue weighted by atomic mass is 10.1. The summed E-state index contributed by atoms with van der Waals surface area (Å²) in [6, 6.07) is 0.602. The molecule has 0 aromatic heterocycles. The van der Waals surface area contributed by atoms with Gasteiger partial charge in [0.2, 0.25) is 0 Å². The molecular formula is C11H23NO2S. The second-order valence-electron chi connectivity index (χ2n) is 4.29. The number of rotatable bonds is 5. The van der Waals surface area contributed by atoms with E-state index in [2.05, 4.69) is 5.32 Å². The molecule has 0 aliphatic carbocycles. The molecule has 0 aromatic carbocycles. The molecule has 0 bridgehead atoms. The smallest absolute Gasteiger partial charge is 0.0480 e. The molecule has 1 aliphatic rings. The van der Waals surface area contributed by atoms with Crippen molar-refractivity contribution in [3.05, 3.63) is 0 Å². The van der Waals surface area contributed by atoms with Crippen LogP contribution in [0.1, 0.15) is 32.6 Å². The third-order valence-electron chi connectivity index (χ3n) is 3.00. The van der Waals surface area contributed by atoms with Crippen molar-refractivity contribution in [3.63, 3.8) is 0 Å². The Morgan fingerprint density at radius 2 is 2.27 bits per heavy atom. The van der Waals surface area contributed by atoms with Gasteiger partial charge in [0.15, 0.2) is 0 Å². The fourth-order valence-electron chi connectivity index (χ4n) is 1.76. The van der Waals surface area contributed by atoms with Crippen LogP contribution in [0.15, 0.2) is 0 Å². The SMILES string of the molecule is CC(CCNC1CCCOCC1)S(C)=O. The summed E-state index contributed by atoms with van der Waals surface area (Å²) in [6.07, 6.45) is 6.27. The summed E-state index contributed by atoms with van der Waals surface area (Å²) < 4.78 is 16.5. The molecule has 3 atom stereocenters. The average Bonchev–Trinajstić information content (AvgIpc) is 2.46. The zero-order chi connectivity index (χ0) is 11.1. The van der Waals surface area contributed by atoms with E-state index in [0.29, 0.717) is 11.3 Å². The molecule has 0 saturated carbocycles. The molecular weight excluding hydrogens is 210 g/mol. The first-order valence-corrected chi connectivity index (χ1v) is 7.45. The van der Waals surface area contributed by atoms with Gasteiger partial charge < -0.3 is 10.1 Å². The molecule has 1 heterocycles. The molecule has 4 heteroatoms. The molecule has 1 N–H and O–H groups in total. The largest absolute Gasteiger partial charge is 0.381 e. The zero-order valence-corrected chi connectivity index (χ0v) is 10.6. The standard InChI is InChI=1S/C11H23NO2S/c1-10(15(2)13)5-7-12-11-4-3-8-14-9-6-11/h10-12H,3-9H2,1-2H3. The van der Waals surface area contributed by atoms with Crippen LogP contribution in [0.3, 0.4) is 0 Å². The molecule has 3 nitrogen and oxygen atoms in total. The minimum atomic E-state index is -0.685. The van der Waals surface area contributed by atoms with Gasteiger partial charge in [-0.25, -0.2) is 0 Å². The fourth-order valence-corrected chi connectivity index (χ4v) is 2.21. The van der Waals surface area contributed by atoms with E-state index in [1.165, 1.54) is 6.42 Å². The highest BCUT2D eigenvalue weighted by Gasteiger charge is 2.12. The maximum absolute atomic E-state index is 11.1. The highest BCUT2D eigenvalue weighted by Crippen LogP contribution is 2.08. The summed E-state index contributed by atoms with van der Waals surface area (Å²) in [7, 11) is -0.685. The van der Waals surface area contributed by atoms with Crippen molar-refractivity contribution in [2.45, 2.75) is 43.9 Å². The van der Waals surface area contributed by atoms with Crippen molar-refractivity contribution in [1.82, 2.24) is 5.32 Å². The second-order valence-corrected chi connectivity index (χ2v) is 6.09. The average molecular weight is 233 g/mol. The predicted molar refractivity (Wildman–Crippen MR) is 64.6 cm³/mol. The van der Waals surface area contributed by atoms with Gasteiger partial charge in [-0.05, 0) is 32.2 Å². The van der Waals surface area contributed by atoms with Crippen molar-refractivity contribution in [2.75, 3.05) is 26.0 Å². The summed E-state index contributed by atoms with van der Waals surface area (Å²) in [5.74, 6) is 0. The van der Waals surface area contributed by atoms with Crippen molar-refractivity contribution >= 4 is 10.8 Å². The first-order chi connectivity index (χ1) is 7.20. The van der Waals surface area contributed by atoms with E-state index in [1.54, 1.807) is 6.26 Å². The van der Waals surface area contributed by atoms with Crippen LogP contribution < -0.4 is 5.32 Å². The molecule has 1 aliphatic heterocycles. The number of ether oxygens (including phenoxy) is 1. The number of hydrogen-bond acceptors (Lipinski definition) is 3. The van der Waals surface area contributed by atoms with Crippen LogP contribution in [0.25, 0.3) is 0 Å². The first kappa shape index (κ1) is 13.1. The monoisotopic (exact) mass is 233 g/mol. The maximum Gasteiger partial charge on any atom is 0.0480 e. The predicted octanol–water partition coefficient (Wildman–Crippen LogP) is 1.30. The lowest BCUT2D eigenvalue weighted by Gasteiger charge is -2.16. The highest BCUT2D eigenvalue weighted by molar-refractivity contribution is 7.84. The molecule has 1 rings (SSSR count). The van der Waals surface area contributed by atoms with E-state index in [1.807, 2.05) is 6.92 Å². The Morgan fingerprint density at radius 3 is 3.00 bits per heavy atom. The summed E-state index contributed by atoms with van der Waals surface area (Å²) in [4.78, 5) is 0. The highest BCUT2D eigenvalue weighted by atomic mass is 32.2. The summed E-state index contributed by atoms with van der Waals surface area (Å²) in [6.45, 7) is 4.82. The van der Waals surface area contributed by atoms with Gasteiger partial charge in [0.25, 0.3) is 0 Å². The molecule has 0 aromatic rings. The van der Waals surface area contributed by atoms with Crippen LogP contribution in [-0.4, -0.2) is 41.5 Å². The van der Waals surface area contributed by atoms with E-state index in [0.717, 1.165) is 39.0 Å². The first-order valence-electron chi connectivity index (χ1n) is 5.83. The summed E-state index contributed by atoms with van der Waals surface area (Å²) >= 11 is 0. The Balaban J connectivity index is 2.10. The normalized spacial score (nSPS) is 26.9. The molecule has 3 unspecified atom stereocenters. The molecule has 15 heavy (non-hydrogen) atoms. The molecule has 1 saturated heterocycles. The minimum absolute atomic E-state index is 0.305. The third-order valence-corrected chi connectivity index (χ3v) is 4.37. The van der Waals surface area contributed by atoms with Gasteiger partial charge in [-0.15, -0.1) is 0 Å². The zero-order valence-electron chi connectivity index (χ0n) is 9.83. The van der Waals surface area contributed by atoms with Crippen LogP contribution in [0.5, 0.6) is 0 Å². The van der Waals surface area contributed by atoms with Crippen LogP contribution in [0, 0.1) is 0 Å². The summed E-state index contributed by atoms with van der Waals surface area (Å²) in [5.41, 5.74) is 0. The molecule has 0 spiro atoms. The van der Waals surface area contributed by atoms with Gasteiger partial charge in [-0.1, -0.05) is 6.92 Å². The van der Waals surface area contributed by atoms with Crippen LogP contribution in [0.2, 0.25) is 0 Å². The van der Waals surface area contributed by atoms with E-state index in [9.17, 15) is 4.21 Å². The van der Waals surface area contributed by atoms with Crippen molar-refractivity contribution in [1.29, 1.82) is 0 Å². The minimum Gasteiger partial charge on any atom is -0.381 e. The van der Waals surface area contributed by atoms with Gasteiger partial charge in [0.1, 0.15) is 0 Å². The van der Waals surface area contributed by atoms with E-state index < -0.39 is 10.8 Å². The van der Waals surface area contributed by atoms with Gasteiger partial charge in [0, 0.05) is 41.6 Å². The van der Waals surface area contributed by atoms with Crippen LogP contribution in [-0.2, 0) is 15.5 Å². The topological polar surface area (TPSA) is 38.3 Å². The van der Waals surface area contributed by atoms with Crippen LogP contribution >= 0.6 is 0 Å². The molecule has 0 amide bonds. The Morgan fingerprint density at radius 1 is 1.47 bits per heavy atom. The Bertz CT molecular complexity index is 191. The molecule has 1 fully saturated rings. The number of hydrogen-bond donors (Lipinski definition) is 1. The molecule has 0 radical (unpaired) electrons. The Hall–Kier alpha value is 0.0700. The van der Waals surface area contributed by atoms with Crippen molar-refractivity contribution < 1.29 is 8.95 Å².